The van der Waals surface area contributed by atoms with Crippen molar-refractivity contribution in [1.82, 2.24) is 0 Å². The van der Waals surface area contributed by atoms with Crippen LogP contribution < -0.4 is 4.18 Å². The SMILES string of the molecule is CC(C)c1ccc(OS(=O)(=O)Cc2cccc(F)c2)cc1. The Balaban J connectivity index is 2.10. The van der Waals surface area contributed by atoms with E-state index in [0.717, 1.165) is 5.56 Å². The molecule has 112 valence electrons. The molecule has 0 saturated heterocycles. The monoisotopic (exact) mass is 308 g/mol. The molecule has 0 heterocycles. The standard InChI is InChI=1S/C16H17FO3S/c1-12(2)14-6-8-16(9-7-14)20-21(18,19)11-13-4-3-5-15(17)10-13/h3-10,12H,11H2,1-2H3. The third-order valence-corrected chi connectivity index (χ3v) is 4.14. The third kappa shape index (κ3) is 4.56. The maximum absolute atomic E-state index is 13.1. The molecule has 21 heavy (non-hydrogen) atoms. The second-order valence-corrected chi connectivity index (χ2v) is 6.71. The Morgan fingerprint density at radius 3 is 2.33 bits per heavy atom. The van der Waals surface area contributed by atoms with Crippen LogP contribution >= 0.6 is 0 Å². The molecule has 0 atom stereocenters. The van der Waals surface area contributed by atoms with Gasteiger partial charge in [-0.1, -0.05) is 38.1 Å². The number of hydrogen-bond acceptors (Lipinski definition) is 3. The largest absolute Gasteiger partial charge is 0.382 e. The van der Waals surface area contributed by atoms with Gasteiger partial charge in [0.25, 0.3) is 0 Å². The molecule has 0 radical (unpaired) electrons. The van der Waals surface area contributed by atoms with Crippen molar-refractivity contribution in [2.45, 2.75) is 25.5 Å². The summed E-state index contributed by atoms with van der Waals surface area (Å²) < 4.78 is 42.0. The second-order valence-electron chi connectivity index (χ2n) is 5.14. The van der Waals surface area contributed by atoms with Gasteiger partial charge in [-0.2, -0.15) is 8.42 Å². The van der Waals surface area contributed by atoms with Gasteiger partial charge < -0.3 is 4.18 Å². The van der Waals surface area contributed by atoms with Gasteiger partial charge >= 0.3 is 10.1 Å². The highest BCUT2D eigenvalue weighted by Crippen LogP contribution is 2.20. The van der Waals surface area contributed by atoms with Crippen molar-refractivity contribution in [3.8, 4) is 5.75 Å². The average molecular weight is 308 g/mol. The lowest BCUT2D eigenvalue weighted by molar-refractivity contribution is 0.485. The van der Waals surface area contributed by atoms with Gasteiger partial charge in [0.15, 0.2) is 0 Å². The first-order valence-corrected chi connectivity index (χ1v) is 8.20. The zero-order valence-electron chi connectivity index (χ0n) is 11.9. The van der Waals surface area contributed by atoms with Gasteiger partial charge in [-0.3, -0.25) is 0 Å². The Morgan fingerprint density at radius 1 is 1.10 bits per heavy atom. The highest BCUT2D eigenvalue weighted by Gasteiger charge is 2.14. The van der Waals surface area contributed by atoms with E-state index >= 15 is 0 Å². The minimum atomic E-state index is -3.80. The minimum Gasteiger partial charge on any atom is -0.382 e. The zero-order valence-corrected chi connectivity index (χ0v) is 12.7. The molecule has 5 heteroatoms. The molecule has 0 N–H and O–H groups in total. The van der Waals surface area contributed by atoms with Crippen molar-refractivity contribution in [1.29, 1.82) is 0 Å². The summed E-state index contributed by atoms with van der Waals surface area (Å²) in [6.45, 7) is 4.10. The molecule has 0 saturated carbocycles. The van der Waals surface area contributed by atoms with Crippen molar-refractivity contribution in [3.05, 3.63) is 65.5 Å². The molecular weight excluding hydrogens is 291 g/mol. The quantitative estimate of drug-likeness (QED) is 0.788. The molecule has 0 bridgehead atoms. The number of rotatable bonds is 5. The number of benzene rings is 2. The van der Waals surface area contributed by atoms with Crippen molar-refractivity contribution >= 4 is 10.1 Å². The highest BCUT2D eigenvalue weighted by atomic mass is 32.2. The second kappa shape index (κ2) is 6.26. The molecule has 0 aliphatic heterocycles. The lowest BCUT2D eigenvalue weighted by Gasteiger charge is -2.09. The van der Waals surface area contributed by atoms with E-state index < -0.39 is 15.9 Å². The smallest absolute Gasteiger partial charge is 0.313 e. The highest BCUT2D eigenvalue weighted by molar-refractivity contribution is 7.86. The van der Waals surface area contributed by atoms with Gasteiger partial charge in [-0.05, 0) is 41.3 Å². The van der Waals surface area contributed by atoms with Crippen molar-refractivity contribution in [3.63, 3.8) is 0 Å². The molecule has 0 amide bonds. The summed E-state index contributed by atoms with van der Waals surface area (Å²) in [7, 11) is -3.80. The molecule has 2 aromatic rings. The lowest BCUT2D eigenvalue weighted by atomic mass is 10.0. The van der Waals surface area contributed by atoms with E-state index in [9.17, 15) is 12.8 Å². The predicted molar refractivity (Wildman–Crippen MR) is 80.2 cm³/mol. The van der Waals surface area contributed by atoms with Crippen LogP contribution in [-0.2, 0) is 15.9 Å². The summed E-state index contributed by atoms with van der Waals surface area (Å²) in [5.74, 6) is -0.209. The first-order chi connectivity index (χ1) is 9.85. The van der Waals surface area contributed by atoms with Crippen LogP contribution in [0.1, 0.15) is 30.9 Å². The van der Waals surface area contributed by atoms with E-state index in [0.29, 0.717) is 11.5 Å². The molecular formula is C16H17FO3S. The molecule has 0 spiro atoms. The van der Waals surface area contributed by atoms with Gasteiger partial charge in [0.1, 0.15) is 17.3 Å². The Kier molecular flexibility index (Phi) is 4.63. The van der Waals surface area contributed by atoms with E-state index in [1.165, 1.54) is 18.2 Å². The summed E-state index contributed by atoms with van der Waals surface area (Å²) in [4.78, 5) is 0. The molecule has 0 fully saturated rings. The Morgan fingerprint density at radius 2 is 1.76 bits per heavy atom. The predicted octanol–water partition coefficient (Wildman–Crippen LogP) is 3.86. The van der Waals surface area contributed by atoms with Crippen LogP contribution in [0.5, 0.6) is 5.75 Å². The number of halogens is 1. The maximum atomic E-state index is 13.1. The molecule has 0 aliphatic carbocycles. The molecule has 3 nitrogen and oxygen atoms in total. The normalized spacial score (nSPS) is 11.6. The van der Waals surface area contributed by atoms with Crippen LogP contribution in [0.3, 0.4) is 0 Å². The molecule has 2 aromatic carbocycles. The number of hydrogen-bond donors (Lipinski definition) is 0. The third-order valence-electron chi connectivity index (χ3n) is 3.00. The Hall–Kier alpha value is -1.88. The topological polar surface area (TPSA) is 43.4 Å². The minimum absolute atomic E-state index is 0.260. The van der Waals surface area contributed by atoms with Crippen molar-refractivity contribution in [2.75, 3.05) is 0 Å². The van der Waals surface area contributed by atoms with Crippen molar-refractivity contribution < 1.29 is 17.0 Å². The maximum Gasteiger partial charge on any atom is 0.313 e. The van der Waals surface area contributed by atoms with Gasteiger partial charge in [0.2, 0.25) is 0 Å². The fraction of sp³-hybridized carbons (Fsp3) is 0.250. The van der Waals surface area contributed by atoms with Crippen LogP contribution in [0.4, 0.5) is 4.39 Å². The Bertz CT molecular complexity index is 707. The van der Waals surface area contributed by atoms with E-state index in [1.807, 2.05) is 12.1 Å². The van der Waals surface area contributed by atoms with Crippen LogP contribution in [0, 0.1) is 5.82 Å². The van der Waals surface area contributed by atoms with Gasteiger partial charge in [0, 0.05) is 0 Å². The summed E-state index contributed by atoms with van der Waals surface area (Å²) in [5.41, 5.74) is 1.46. The fourth-order valence-corrected chi connectivity index (χ4v) is 2.97. The van der Waals surface area contributed by atoms with Gasteiger partial charge in [0.05, 0.1) is 0 Å². The van der Waals surface area contributed by atoms with Crippen LogP contribution in [0.15, 0.2) is 48.5 Å². The van der Waals surface area contributed by atoms with Gasteiger partial charge in [-0.15, -0.1) is 0 Å². The lowest BCUT2D eigenvalue weighted by Crippen LogP contribution is -2.12. The fourth-order valence-electron chi connectivity index (χ4n) is 1.92. The van der Waals surface area contributed by atoms with Crippen LogP contribution in [0.2, 0.25) is 0 Å². The van der Waals surface area contributed by atoms with Crippen LogP contribution in [0.25, 0.3) is 0 Å². The average Bonchev–Trinajstić information content (AvgIpc) is 2.38. The summed E-state index contributed by atoms with van der Waals surface area (Å²) in [5, 5.41) is 0. The van der Waals surface area contributed by atoms with Crippen molar-refractivity contribution in [2.24, 2.45) is 0 Å². The summed E-state index contributed by atoms with van der Waals surface area (Å²) in [6.07, 6.45) is 0. The summed E-state index contributed by atoms with van der Waals surface area (Å²) >= 11 is 0. The van der Waals surface area contributed by atoms with E-state index in [4.69, 9.17) is 4.18 Å². The molecule has 0 aromatic heterocycles. The Labute approximate surface area is 124 Å². The molecule has 0 aliphatic rings. The first-order valence-electron chi connectivity index (χ1n) is 6.62. The van der Waals surface area contributed by atoms with Gasteiger partial charge in [-0.25, -0.2) is 4.39 Å². The van der Waals surface area contributed by atoms with E-state index in [1.54, 1.807) is 18.2 Å². The molecule has 0 unspecified atom stereocenters. The summed E-state index contributed by atoms with van der Waals surface area (Å²) in [6, 6.07) is 12.4. The van der Waals surface area contributed by atoms with E-state index in [-0.39, 0.29) is 11.5 Å². The van der Waals surface area contributed by atoms with Crippen LogP contribution in [-0.4, -0.2) is 8.42 Å². The van der Waals surface area contributed by atoms with E-state index in [2.05, 4.69) is 13.8 Å². The first kappa shape index (κ1) is 15.5. The zero-order chi connectivity index (χ0) is 15.5. The molecule has 2 rings (SSSR count).